The lowest BCUT2D eigenvalue weighted by Gasteiger charge is -2.30. The van der Waals surface area contributed by atoms with Crippen molar-refractivity contribution in [2.24, 2.45) is 21.4 Å². The van der Waals surface area contributed by atoms with E-state index < -0.39 is 23.9 Å². The number of allylic oxidation sites excluding steroid dienone is 1. The molecule has 3 heterocycles. The molecule has 3 amide bonds. The van der Waals surface area contributed by atoms with Gasteiger partial charge in [-0.3, -0.25) is 19.4 Å². The first-order chi connectivity index (χ1) is 20.9. The maximum absolute atomic E-state index is 14.1. The van der Waals surface area contributed by atoms with Crippen molar-refractivity contribution in [3.05, 3.63) is 106 Å². The predicted octanol–water partition coefficient (Wildman–Crippen LogP) is 5.87. The van der Waals surface area contributed by atoms with Gasteiger partial charge >= 0.3 is 0 Å². The lowest BCUT2D eigenvalue weighted by molar-refractivity contribution is -0.136. The van der Waals surface area contributed by atoms with Gasteiger partial charge in [-0.2, -0.15) is 10.2 Å². The van der Waals surface area contributed by atoms with Crippen LogP contribution in [0.1, 0.15) is 42.0 Å². The van der Waals surface area contributed by atoms with Crippen LogP contribution < -0.4 is 4.90 Å². The van der Waals surface area contributed by atoms with Crippen LogP contribution >= 0.6 is 15.9 Å². The molecule has 1 saturated carbocycles. The summed E-state index contributed by atoms with van der Waals surface area (Å²) in [5.74, 6) is -1.16. The van der Waals surface area contributed by atoms with Crippen LogP contribution in [0.5, 0.6) is 0 Å². The first-order valence-electron chi connectivity index (χ1n) is 14.4. The second kappa shape index (κ2) is 11.0. The van der Waals surface area contributed by atoms with Gasteiger partial charge in [0.15, 0.2) is 12.1 Å². The number of halogens is 1. The zero-order valence-corrected chi connectivity index (χ0v) is 25.1. The molecule has 3 aromatic rings. The minimum Gasteiger partial charge on any atom is -0.271 e. The van der Waals surface area contributed by atoms with Crippen molar-refractivity contribution in [1.82, 2.24) is 10.0 Å². The number of amides is 3. The van der Waals surface area contributed by atoms with Crippen LogP contribution in [0, 0.1) is 12.8 Å². The molecule has 0 spiro atoms. The molecule has 0 bridgehead atoms. The van der Waals surface area contributed by atoms with E-state index in [0.29, 0.717) is 10.2 Å². The van der Waals surface area contributed by atoms with E-state index >= 15 is 0 Å². The van der Waals surface area contributed by atoms with E-state index in [4.69, 9.17) is 5.10 Å². The van der Waals surface area contributed by atoms with Gasteiger partial charge in [-0.15, -0.1) is 0 Å². The number of benzene rings is 3. The molecule has 216 valence electrons. The highest BCUT2D eigenvalue weighted by Gasteiger charge is 2.56. The second-order valence-corrected chi connectivity index (χ2v) is 12.2. The summed E-state index contributed by atoms with van der Waals surface area (Å²) in [7, 11) is 0. The van der Waals surface area contributed by atoms with Crippen molar-refractivity contribution < 1.29 is 14.4 Å². The molecule has 9 nitrogen and oxygen atoms in total. The largest absolute Gasteiger partial charge is 0.271 e. The molecule has 10 heteroatoms. The first kappa shape index (κ1) is 27.4. The maximum atomic E-state index is 14.1. The molecular formula is C33H29BrN6O3. The Labute approximate surface area is 257 Å². The summed E-state index contributed by atoms with van der Waals surface area (Å²) in [6.45, 7) is 1.70. The average Bonchev–Trinajstić information content (AvgIpc) is 3.68. The molecule has 3 aromatic carbocycles. The van der Waals surface area contributed by atoms with Gasteiger partial charge in [0.2, 0.25) is 0 Å². The van der Waals surface area contributed by atoms with Crippen LogP contribution in [0.15, 0.2) is 104 Å². The van der Waals surface area contributed by atoms with E-state index in [-0.39, 0.29) is 24.4 Å². The number of carbonyl (C=O) groups is 3. The Morgan fingerprint density at radius 3 is 2.47 bits per heavy atom. The third-order valence-electron chi connectivity index (χ3n) is 8.54. The monoisotopic (exact) mass is 636 g/mol. The summed E-state index contributed by atoms with van der Waals surface area (Å²) in [5, 5.41) is 16.1. The zero-order valence-electron chi connectivity index (χ0n) is 23.5. The number of carbonyl (C=O) groups excluding carboxylic acids is 3. The van der Waals surface area contributed by atoms with E-state index in [1.807, 2.05) is 67.6 Å². The number of hydrogen-bond acceptors (Lipinski definition) is 7. The van der Waals surface area contributed by atoms with Gasteiger partial charge < -0.3 is 0 Å². The SMILES string of the molecule is Cc1ccc(N2C(=O)[C@H]3N=NN(CC(=O)N4N=C5/C(=C/c6ccccc6)CCC[C@H]5[C@H]4c4ccccc4)[C@@H]3C2=O)c(Br)c1. The van der Waals surface area contributed by atoms with Gasteiger partial charge in [-0.25, -0.2) is 9.91 Å². The molecule has 4 atom stereocenters. The molecular weight excluding hydrogens is 608 g/mol. The molecule has 4 aliphatic rings. The van der Waals surface area contributed by atoms with Crippen LogP contribution in [0.4, 0.5) is 5.69 Å². The van der Waals surface area contributed by atoms with E-state index in [1.165, 1.54) is 5.01 Å². The summed E-state index contributed by atoms with van der Waals surface area (Å²) >= 11 is 3.48. The fraction of sp³-hybridized carbons (Fsp3) is 0.273. The summed E-state index contributed by atoms with van der Waals surface area (Å²) in [6.07, 6.45) is 4.97. The fourth-order valence-corrected chi connectivity index (χ4v) is 7.21. The molecule has 0 aromatic heterocycles. The first-order valence-corrected chi connectivity index (χ1v) is 15.2. The summed E-state index contributed by atoms with van der Waals surface area (Å²) < 4.78 is 0.634. The zero-order chi connectivity index (χ0) is 29.7. The number of hydrazone groups is 1. The van der Waals surface area contributed by atoms with Gasteiger partial charge in [0.25, 0.3) is 17.7 Å². The molecule has 0 radical (unpaired) electrons. The van der Waals surface area contributed by atoms with Crippen LogP contribution in [-0.2, 0) is 14.4 Å². The molecule has 1 saturated heterocycles. The van der Waals surface area contributed by atoms with E-state index in [1.54, 1.807) is 11.1 Å². The van der Waals surface area contributed by atoms with Crippen molar-refractivity contribution in [1.29, 1.82) is 0 Å². The molecule has 0 unspecified atom stereocenters. The molecule has 3 aliphatic heterocycles. The standard InChI is InChI=1S/C33H29BrN6O3/c1-20-15-16-26(25(34)17-20)39-32(42)29-31(33(39)43)38(37-35-29)19-27(41)40-30(22-11-6-3-7-12-22)24-14-8-13-23(28(24)36-40)18-21-9-4-2-5-10-21/h2-7,9-12,15-18,24,29-31H,8,13-14,19H2,1H3/b23-18+/t24-,29+,30-,31+/m1/s1. The Morgan fingerprint density at radius 1 is 0.977 bits per heavy atom. The number of hydrogen-bond donors (Lipinski definition) is 0. The quantitative estimate of drug-likeness (QED) is 0.327. The average molecular weight is 638 g/mol. The van der Waals surface area contributed by atoms with Crippen molar-refractivity contribution in [2.75, 3.05) is 11.4 Å². The van der Waals surface area contributed by atoms with Crippen molar-refractivity contribution in [2.45, 2.75) is 44.3 Å². The smallest absolute Gasteiger partial charge is 0.264 e. The minimum absolute atomic E-state index is 0.0482. The number of imide groups is 1. The lowest BCUT2D eigenvalue weighted by Crippen LogP contribution is -2.45. The fourth-order valence-electron chi connectivity index (χ4n) is 6.54. The van der Waals surface area contributed by atoms with Gasteiger partial charge in [0, 0.05) is 10.4 Å². The molecule has 1 aliphatic carbocycles. The molecule has 43 heavy (non-hydrogen) atoms. The Balaban J connectivity index is 1.18. The number of rotatable bonds is 5. The van der Waals surface area contributed by atoms with Gasteiger partial charge in [-0.1, -0.05) is 72.0 Å². The Hall–Kier alpha value is -4.44. The van der Waals surface area contributed by atoms with Crippen LogP contribution in [-0.4, -0.2) is 52.1 Å². The van der Waals surface area contributed by atoms with Gasteiger partial charge in [0.1, 0.15) is 6.54 Å². The Morgan fingerprint density at radius 2 is 1.72 bits per heavy atom. The number of fused-ring (bicyclic) bond motifs is 2. The molecule has 0 N–H and O–H groups in total. The summed E-state index contributed by atoms with van der Waals surface area (Å²) in [4.78, 5) is 42.1. The molecule has 7 rings (SSSR count). The Kier molecular flexibility index (Phi) is 7.01. The van der Waals surface area contributed by atoms with Crippen LogP contribution in [0.3, 0.4) is 0 Å². The highest BCUT2D eigenvalue weighted by Crippen LogP contribution is 2.45. The topological polar surface area (TPSA) is 98.0 Å². The number of aryl methyl sites for hydroxylation is 1. The third-order valence-corrected chi connectivity index (χ3v) is 9.17. The van der Waals surface area contributed by atoms with E-state index in [0.717, 1.165) is 52.1 Å². The second-order valence-electron chi connectivity index (χ2n) is 11.3. The predicted molar refractivity (Wildman–Crippen MR) is 166 cm³/mol. The molecule has 2 fully saturated rings. The number of nitrogens with zero attached hydrogens (tertiary/aromatic N) is 6. The highest BCUT2D eigenvalue weighted by molar-refractivity contribution is 9.10. The lowest BCUT2D eigenvalue weighted by atomic mass is 9.77. The van der Waals surface area contributed by atoms with Gasteiger partial charge in [-0.05, 0) is 82.6 Å². The van der Waals surface area contributed by atoms with Gasteiger partial charge in [0.05, 0.1) is 17.4 Å². The van der Waals surface area contributed by atoms with Crippen molar-refractivity contribution in [3.63, 3.8) is 0 Å². The van der Waals surface area contributed by atoms with E-state index in [2.05, 4.69) is 44.5 Å². The summed E-state index contributed by atoms with van der Waals surface area (Å²) in [5.41, 5.74) is 5.61. The van der Waals surface area contributed by atoms with E-state index in [9.17, 15) is 14.4 Å². The maximum Gasteiger partial charge on any atom is 0.264 e. The minimum atomic E-state index is -0.994. The highest BCUT2D eigenvalue weighted by atomic mass is 79.9. The van der Waals surface area contributed by atoms with Crippen molar-refractivity contribution in [3.8, 4) is 0 Å². The number of anilines is 1. The van der Waals surface area contributed by atoms with Crippen molar-refractivity contribution >= 4 is 51.1 Å². The third kappa shape index (κ3) is 4.79. The normalized spacial score (nSPS) is 25.4. The summed E-state index contributed by atoms with van der Waals surface area (Å²) in [6, 6.07) is 23.3. The van der Waals surface area contributed by atoms with Crippen LogP contribution in [0.2, 0.25) is 0 Å². The van der Waals surface area contributed by atoms with Crippen LogP contribution in [0.25, 0.3) is 6.08 Å². The Bertz CT molecular complexity index is 1710.